The number of hydrogen-bond acceptors (Lipinski definition) is 5. The average Bonchev–Trinajstić information content (AvgIpc) is 3.22. The number of benzene rings is 2. The molecular formula is C25H29F3N4O2S. The largest absolute Gasteiger partial charge is 0.483 e. The predicted octanol–water partition coefficient (Wildman–Crippen LogP) is 6.87. The maximum absolute atomic E-state index is 12.7. The van der Waals surface area contributed by atoms with Crippen molar-refractivity contribution in [1.82, 2.24) is 14.8 Å². The van der Waals surface area contributed by atoms with Gasteiger partial charge in [-0.25, -0.2) is 0 Å². The predicted molar refractivity (Wildman–Crippen MR) is 131 cm³/mol. The van der Waals surface area contributed by atoms with Crippen LogP contribution in [0.4, 0.5) is 18.9 Å². The van der Waals surface area contributed by atoms with Gasteiger partial charge in [-0.05, 0) is 68.7 Å². The van der Waals surface area contributed by atoms with Gasteiger partial charge in [-0.3, -0.25) is 4.79 Å². The molecule has 0 aliphatic carbocycles. The summed E-state index contributed by atoms with van der Waals surface area (Å²) in [4.78, 5) is 12.4. The first kappa shape index (κ1) is 26.6. The van der Waals surface area contributed by atoms with Crippen LogP contribution in [0, 0.1) is 0 Å². The maximum Gasteiger partial charge on any atom is 0.416 e. The monoisotopic (exact) mass is 506 g/mol. The molecule has 2 aromatic carbocycles. The smallest absolute Gasteiger partial charge is 0.416 e. The average molecular weight is 507 g/mol. The van der Waals surface area contributed by atoms with Crippen molar-refractivity contribution in [2.75, 3.05) is 11.1 Å². The number of alkyl halides is 3. The third kappa shape index (κ3) is 7.00. The number of carbonyl (C=O) groups is 1. The zero-order valence-electron chi connectivity index (χ0n) is 20.3. The molecule has 0 fully saturated rings. The molecule has 1 unspecified atom stereocenters. The van der Waals surface area contributed by atoms with Gasteiger partial charge in [-0.2, -0.15) is 13.2 Å². The van der Waals surface area contributed by atoms with Gasteiger partial charge in [0, 0.05) is 11.7 Å². The molecule has 0 radical (unpaired) electrons. The minimum absolute atomic E-state index is 0.0230. The van der Waals surface area contributed by atoms with E-state index in [0.717, 1.165) is 17.9 Å². The second-order valence-electron chi connectivity index (χ2n) is 8.70. The fourth-order valence-corrected chi connectivity index (χ4v) is 4.28. The van der Waals surface area contributed by atoms with Gasteiger partial charge in [0.1, 0.15) is 5.75 Å². The second kappa shape index (κ2) is 11.2. The van der Waals surface area contributed by atoms with Crippen LogP contribution in [-0.4, -0.2) is 26.4 Å². The number of hydrogen-bond donors (Lipinski definition) is 1. The standard InChI is InChI=1S/C25H29F3N4O2S/c1-15(2)18-6-12-21(13-7-18)34-17(5)23-30-31-24(32(23)16(3)4)35-14-22(33)29-20-10-8-19(9-11-20)25(26,27)28/h6-13,15-17H,14H2,1-5H3,(H,29,33). The van der Waals surface area contributed by atoms with Crippen LogP contribution in [0.2, 0.25) is 0 Å². The van der Waals surface area contributed by atoms with Gasteiger partial charge in [0.25, 0.3) is 0 Å². The number of nitrogens with one attached hydrogen (secondary N) is 1. The highest BCUT2D eigenvalue weighted by Gasteiger charge is 2.30. The van der Waals surface area contributed by atoms with E-state index in [0.29, 0.717) is 22.6 Å². The molecule has 0 spiro atoms. The van der Waals surface area contributed by atoms with Crippen LogP contribution in [0.25, 0.3) is 0 Å². The summed E-state index contributed by atoms with van der Waals surface area (Å²) >= 11 is 1.20. The van der Waals surface area contributed by atoms with Crippen LogP contribution in [0.15, 0.2) is 53.7 Å². The molecule has 1 amide bonds. The molecule has 6 nitrogen and oxygen atoms in total. The minimum Gasteiger partial charge on any atom is -0.483 e. The maximum atomic E-state index is 12.7. The SMILES string of the molecule is CC(C)c1ccc(OC(C)c2nnc(SCC(=O)Nc3ccc(C(F)(F)F)cc3)n2C(C)C)cc1. The lowest BCUT2D eigenvalue weighted by molar-refractivity contribution is -0.137. The molecule has 3 aromatic rings. The van der Waals surface area contributed by atoms with Crippen LogP contribution in [-0.2, 0) is 11.0 Å². The highest BCUT2D eigenvalue weighted by Crippen LogP contribution is 2.31. The summed E-state index contributed by atoms with van der Waals surface area (Å²) < 4.78 is 46.1. The van der Waals surface area contributed by atoms with Gasteiger partial charge < -0.3 is 14.6 Å². The van der Waals surface area contributed by atoms with Crippen molar-refractivity contribution in [2.45, 2.75) is 64.0 Å². The van der Waals surface area contributed by atoms with E-state index in [2.05, 4.69) is 29.4 Å². The summed E-state index contributed by atoms with van der Waals surface area (Å²) in [6.45, 7) is 10.1. The molecule has 0 aliphatic heterocycles. The number of nitrogens with zero attached hydrogens (tertiary/aromatic N) is 3. The van der Waals surface area contributed by atoms with Crippen molar-refractivity contribution in [3.05, 3.63) is 65.5 Å². The van der Waals surface area contributed by atoms with Crippen molar-refractivity contribution in [3.8, 4) is 5.75 Å². The lowest BCUT2D eigenvalue weighted by Gasteiger charge is -2.19. The molecule has 1 heterocycles. The topological polar surface area (TPSA) is 69.0 Å². The first-order valence-corrected chi connectivity index (χ1v) is 12.3. The van der Waals surface area contributed by atoms with E-state index in [-0.39, 0.29) is 23.8 Å². The van der Waals surface area contributed by atoms with Crippen molar-refractivity contribution in [3.63, 3.8) is 0 Å². The highest BCUT2D eigenvalue weighted by atomic mass is 32.2. The molecule has 0 aliphatic rings. The Morgan fingerprint density at radius 3 is 2.17 bits per heavy atom. The Morgan fingerprint density at radius 1 is 1.00 bits per heavy atom. The van der Waals surface area contributed by atoms with E-state index >= 15 is 0 Å². The minimum atomic E-state index is -4.42. The molecule has 1 aromatic heterocycles. The molecule has 3 rings (SSSR count). The third-order valence-corrected chi connectivity index (χ3v) is 6.20. The van der Waals surface area contributed by atoms with Gasteiger partial charge in [-0.15, -0.1) is 10.2 Å². The number of thioether (sulfide) groups is 1. The molecule has 35 heavy (non-hydrogen) atoms. The molecule has 1 atom stereocenters. The summed E-state index contributed by atoms with van der Waals surface area (Å²) in [5, 5.41) is 11.7. The lowest BCUT2D eigenvalue weighted by atomic mass is 10.0. The van der Waals surface area contributed by atoms with Crippen LogP contribution >= 0.6 is 11.8 Å². The van der Waals surface area contributed by atoms with E-state index < -0.39 is 11.7 Å². The van der Waals surface area contributed by atoms with E-state index in [4.69, 9.17) is 4.74 Å². The number of ether oxygens (including phenoxy) is 1. The van der Waals surface area contributed by atoms with Gasteiger partial charge in [0.15, 0.2) is 17.1 Å². The number of carbonyl (C=O) groups excluding carboxylic acids is 1. The van der Waals surface area contributed by atoms with Gasteiger partial charge in [-0.1, -0.05) is 37.7 Å². The molecule has 188 valence electrons. The summed E-state index contributed by atoms with van der Waals surface area (Å²) in [5.41, 5.74) is 0.748. The van der Waals surface area contributed by atoms with E-state index in [9.17, 15) is 18.0 Å². The summed E-state index contributed by atoms with van der Waals surface area (Å²) in [7, 11) is 0. The zero-order chi connectivity index (χ0) is 25.8. The Bertz CT molecular complexity index is 1130. The number of aromatic nitrogens is 3. The molecule has 0 bridgehead atoms. The van der Waals surface area contributed by atoms with Gasteiger partial charge in [0.2, 0.25) is 5.91 Å². The number of halogens is 3. The molecule has 10 heteroatoms. The lowest BCUT2D eigenvalue weighted by Crippen LogP contribution is -2.16. The van der Waals surface area contributed by atoms with E-state index in [1.165, 1.54) is 29.5 Å². The van der Waals surface area contributed by atoms with Crippen molar-refractivity contribution in [2.24, 2.45) is 0 Å². The quantitative estimate of drug-likeness (QED) is 0.321. The van der Waals surface area contributed by atoms with E-state index in [1.807, 2.05) is 49.6 Å². The van der Waals surface area contributed by atoms with Gasteiger partial charge >= 0.3 is 6.18 Å². The summed E-state index contributed by atoms with van der Waals surface area (Å²) in [5.74, 6) is 1.47. The number of amides is 1. The van der Waals surface area contributed by atoms with Crippen LogP contribution in [0.3, 0.4) is 0 Å². The first-order valence-electron chi connectivity index (χ1n) is 11.3. The molecule has 0 saturated heterocycles. The molecular weight excluding hydrogens is 477 g/mol. The Hall–Kier alpha value is -3.01. The Balaban J connectivity index is 1.64. The Labute approximate surface area is 207 Å². The molecule has 0 saturated carbocycles. The third-order valence-electron chi connectivity index (χ3n) is 5.26. The normalized spacial score (nSPS) is 12.7. The second-order valence-corrected chi connectivity index (χ2v) is 9.64. The van der Waals surface area contributed by atoms with Crippen molar-refractivity contribution < 1.29 is 22.7 Å². The Kier molecular flexibility index (Phi) is 8.47. The van der Waals surface area contributed by atoms with Crippen molar-refractivity contribution in [1.29, 1.82) is 0 Å². The fourth-order valence-electron chi connectivity index (χ4n) is 3.41. The molecule has 1 N–H and O–H groups in total. The Morgan fingerprint density at radius 2 is 1.63 bits per heavy atom. The van der Waals surface area contributed by atoms with Gasteiger partial charge in [0.05, 0.1) is 11.3 Å². The van der Waals surface area contributed by atoms with Crippen LogP contribution in [0.1, 0.15) is 69.6 Å². The van der Waals surface area contributed by atoms with Crippen molar-refractivity contribution >= 4 is 23.4 Å². The summed E-state index contributed by atoms with van der Waals surface area (Å²) in [6, 6.07) is 12.3. The number of anilines is 1. The first-order chi connectivity index (χ1) is 16.5. The highest BCUT2D eigenvalue weighted by molar-refractivity contribution is 7.99. The fraction of sp³-hybridized carbons (Fsp3) is 0.400. The number of rotatable bonds is 9. The zero-order valence-corrected chi connectivity index (χ0v) is 21.1. The summed E-state index contributed by atoms with van der Waals surface area (Å²) in [6.07, 6.45) is -4.79. The van der Waals surface area contributed by atoms with Crippen LogP contribution < -0.4 is 10.1 Å². The van der Waals surface area contributed by atoms with E-state index in [1.54, 1.807) is 0 Å². The van der Waals surface area contributed by atoms with Crippen LogP contribution in [0.5, 0.6) is 5.75 Å².